The molecule has 2 N–H and O–H groups in total. The van der Waals surface area contributed by atoms with Crippen molar-refractivity contribution in [3.8, 4) is 5.82 Å². The second kappa shape index (κ2) is 6.31. The number of hydrogen-bond donors (Lipinski definition) is 2. The molecule has 0 fully saturated rings. The Bertz CT molecular complexity index is 870. The summed E-state index contributed by atoms with van der Waals surface area (Å²) in [5.41, 5.74) is 0.0939. The molecule has 6 heteroatoms. The van der Waals surface area contributed by atoms with Crippen molar-refractivity contribution in [2.45, 2.75) is 13.0 Å². The Balaban J connectivity index is 1.92. The monoisotopic (exact) mass is 308 g/mol. The van der Waals surface area contributed by atoms with Crippen molar-refractivity contribution < 1.29 is 0 Å². The van der Waals surface area contributed by atoms with Crippen LogP contribution >= 0.6 is 0 Å². The Labute approximate surface area is 132 Å². The van der Waals surface area contributed by atoms with Gasteiger partial charge in [0.05, 0.1) is 0 Å². The number of hydrogen-bond acceptors (Lipinski definition) is 4. The minimum atomic E-state index is -0.529. The van der Waals surface area contributed by atoms with Crippen LogP contribution in [0.1, 0.15) is 18.5 Å². The van der Waals surface area contributed by atoms with E-state index in [2.05, 4.69) is 15.3 Å². The van der Waals surface area contributed by atoms with Crippen LogP contribution < -0.4 is 16.6 Å². The molecule has 0 aliphatic rings. The summed E-state index contributed by atoms with van der Waals surface area (Å²) in [6, 6.07) is 16.1. The Kier molecular flexibility index (Phi) is 4.05. The van der Waals surface area contributed by atoms with Gasteiger partial charge in [-0.25, -0.2) is 14.3 Å². The lowest BCUT2D eigenvalue weighted by atomic mass is 10.1. The summed E-state index contributed by atoms with van der Waals surface area (Å²) in [5.74, 6) is 0.671. The van der Waals surface area contributed by atoms with Gasteiger partial charge in [0, 0.05) is 18.3 Å². The third-order valence-electron chi connectivity index (χ3n) is 3.48. The third kappa shape index (κ3) is 3.21. The van der Waals surface area contributed by atoms with Crippen LogP contribution in [0.3, 0.4) is 0 Å². The van der Waals surface area contributed by atoms with Crippen LogP contribution in [-0.2, 0) is 0 Å². The molecule has 2 heterocycles. The first-order valence-corrected chi connectivity index (χ1v) is 7.24. The van der Waals surface area contributed by atoms with Gasteiger partial charge in [-0.05, 0) is 24.6 Å². The van der Waals surface area contributed by atoms with E-state index in [4.69, 9.17) is 0 Å². The van der Waals surface area contributed by atoms with Crippen LogP contribution in [0.15, 0.2) is 70.4 Å². The van der Waals surface area contributed by atoms with Crippen molar-refractivity contribution in [1.82, 2.24) is 14.5 Å². The first-order valence-electron chi connectivity index (χ1n) is 7.24. The van der Waals surface area contributed by atoms with Crippen LogP contribution in [0, 0.1) is 0 Å². The highest BCUT2D eigenvalue weighted by atomic mass is 16.2. The zero-order valence-corrected chi connectivity index (χ0v) is 12.6. The molecule has 3 aromatic rings. The molecule has 2 aromatic heterocycles. The van der Waals surface area contributed by atoms with E-state index in [0.717, 1.165) is 10.1 Å². The number of pyridine rings is 1. The van der Waals surface area contributed by atoms with E-state index in [1.165, 1.54) is 12.3 Å². The van der Waals surface area contributed by atoms with Crippen LogP contribution in [0.4, 0.5) is 5.82 Å². The maximum absolute atomic E-state index is 12.2. The zero-order valence-electron chi connectivity index (χ0n) is 12.6. The summed E-state index contributed by atoms with van der Waals surface area (Å²) in [5, 5.41) is 3.13. The lowest BCUT2D eigenvalue weighted by Crippen LogP contribution is -2.34. The van der Waals surface area contributed by atoms with Gasteiger partial charge < -0.3 is 5.32 Å². The number of benzene rings is 1. The van der Waals surface area contributed by atoms with E-state index in [-0.39, 0.29) is 6.04 Å². The van der Waals surface area contributed by atoms with Gasteiger partial charge in [-0.2, -0.15) is 0 Å². The predicted molar refractivity (Wildman–Crippen MR) is 88.9 cm³/mol. The molecule has 1 aromatic carbocycles. The summed E-state index contributed by atoms with van der Waals surface area (Å²) in [4.78, 5) is 31.2. The fourth-order valence-corrected chi connectivity index (χ4v) is 2.33. The lowest BCUT2D eigenvalue weighted by Gasteiger charge is -2.15. The second-order valence-electron chi connectivity index (χ2n) is 5.13. The standard InChI is InChI=1S/C17H16N4O2/c1-12(13-7-3-2-4-8-13)19-14-11-16(22)21(17(23)20-14)15-9-5-6-10-18-15/h2-12,19H,1H3,(H,20,23)/t12-/m0/s1. The molecule has 0 bridgehead atoms. The molecule has 23 heavy (non-hydrogen) atoms. The normalized spacial score (nSPS) is 11.9. The molecular formula is C17H16N4O2. The summed E-state index contributed by atoms with van der Waals surface area (Å²) >= 11 is 0. The largest absolute Gasteiger partial charge is 0.365 e. The van der Waals surface area contributed by atoms with E-state index in [0.29, 0.717) is 11.6 Å². The molecule has 116 valence electrons. The summed E-state index contributed by atoms with van der Waals surface area (Å²) in [7, 11) is 0. The van der Waals surface area contributed by atoms with Crippen molar-refractivity contribution >= 4 is 5.82 Å². The molecule has 0 aliphatic heterocycles. The SMILES string of the molecule is C[C@H](Nc1cc(=O)n(-c2ccccn2)c(=O)[nH]1)c1ccccc1. The number of nitrogens with one attached hydrogen (secondary N) is 2. The number of anilines is 1. The van der Waals surface area contributed by atoms with E-state index in [9.17, 15) is 9.59 Å². The number of aromatic nitrogens is 3. The molecule has 0 spiro atoms. The molecule has 3 rings (SSSR count). The molecule has 0 unspecified atom stereocenters. The van der Waals surface area contributed by atoms with Crippen molar-refractivity contribution in [2.24, 2.45) is 0 Å². The molecule has 0 amide bonds. The molecule has 0 radical (unpaired) electrons. The fourth-order valence-electron chi connectivity index (χ4n) is 2.33. The molecule has 1 atom stereocenters. The predicted octanol–water partition coefficient (Wildman–Crippen LogP) is 2.09. The quantitative estimate of drug-likeness (QED) is 0.773. The van der Waals surface area contributed by atoms with Crippen molar-refractivity contribution in [1.29, 1.82) is 0 Å². The van der Waals surface area contributed by atoms with Crippen LogP contribution in [0.25, 0.3) is 5.82 Å². The summed E-state index contributed by atoms with van der Waals surface area (Å²) < 4.78 is 0.998. The molecular weight excluding hydrogens is 292 g/mol. The highest BCUT2D eigenvalue weighted by Crippen LogP contribution is 2.15. The van der Waals surface area contributed by atoms with Gasteiger partial charge in [-0.1, -0.05) is 36.4 Å². The van der Waals surface area contributed by atoms with Gasteiger partial charge in [0.1, 0.15) is 11.6 Å². The Morgan fingerprint density at radius 1 is 1.09 bits per heavy atom. The average Bonchev–Trinajstić information content (AvgIpc) is 2.56. The van der Waals surface area contributed by atoms with E-state index in [1.54, 1.807) is 18.2 Å². The van der Waals surface area contributed by atoms with Crippen LogP contribution in [-0.4, -0.2) is 14.5 Å². The summed E-state index contributed by atoms with van der Waals surface area (Å²) in [6.07, 6.45) is 1.53. The Morgan fingerprint density at radius 3 is 2.48 bits per heavy atom. The average molecular weight is 308 g/mol. The topological polar surface area (TPSA) is 79.8 Å². The third-order valence-corrected chi connectivity index (χ3v) is 3.48. The number of nitrogens with zero attached hydrogens (tertiary/aromatic N) is 2. The van der Waals surface area contributed by atoms with Gasteiger partial charge in [0.2, 0.25) is 0 Å². The van der Waals surface area contributed by atoms with E-state index >= 15 is 0 Å². The molecule has 0 saturated carbocycles. The van der Waals surface area contributed by atoms with E-state index in [1.807, 2.05) is 37.3 Å². The molecule has 0 aliphatic carbocycles. The number of aromatic amines is 1. The highest BCUT2D eigenvalue weighted by molar-refractivity contribution is 5.37. The van der Waals surface area contributed by atoms with Gasteiger partial charge in [-0.3, -0.25) is 9.78 Å². The highest BCUT2D eigenvalue weighted by Gasteiger charge is 2.10. The molecule has 0 saturated heterocycles. The van der Waals surface area contributed by atoms with Crippen LogP contribution in [0.2, 0.25) is 0 Å². The first-order chi connectivity index (χ1) is 11.1. The van der Waals surface area contributed by atoms with Crippen molar-refractivity contribution in [2.75, 3.05) is 5.32 Å². The minimum Gasteiger partial charge on any atom is -0.365 e. The van der Waals surface area contributed by atoms with Gasteiger partial charge >= 0.3 is 5.69 Å². The first kappa shape index (κ1) is 14.8. The fraction of sp³-hybridized carbons (Fsp3) is 0.118. The zero-order chi connectivity index (χ0) is 16.2. The van der Waals surface area contributed by atoms with E-state index < -0.39 is 11.2 Å². The van der Waals surface area contributed by atoms with Crippen molar-refractivity contribution in [3.63, 3.8) is 0 Å². The van der Waals surface area contributed by atoms with Crippen LogP contribution in [0.5, 0.6) is 0 Å². The van der Waals surface area contributed by atoms with Gasteiger partial charge in [0.25, 0.3) is 5.56 Å². The lowest BCUT2D eigenvalue weighted by molar-refractivity contribution is 0.822. The Morgan fingerprint density at radius 2 is 1.83 bits per heavy atom. The second-order valence-corrected chi connectivity index (χ2v) is 5.13. The van der Waals surface area contributed by atoms with Gasteiger partial charge in [0.15, 0.2) is 0 Å². The van der Waals surface area contributed by atoms with Gasteiger partial charge in [-0.15, -0.1) is 0 Å². The maximum Gasteiger partial charge on any atom is 0.335 e. The number of H-pyrrole nitrogens is 1. The Hall–Kier alpha value is -3.15. The smallest absolute Gasteiger partial charge is 0.335 e. The maximum atomic E-state index is 12.2. The van der Waals surface area contributed by atoms with Crippen molar-refractivity contribution in [3.05, 3.63) is 87.2 Å². The molecule has 6 nitrogen and oxygen atoms in total. The summed E-state index contributed by atoms with van der Waals surface area (Å²) in [6.45, 7) is 1.96. The number of rotatable bonds is 4. The minimum absolute atomic E-state index is 0.0445.